The van der Waals surface area contributed by atoms with Crippen molar-refractivity contribution in [2.45, 2.75) is 25.4 Å². The Morgan fingerprint density at radius 1 is 1.27 bits per heavy atom. The zero-order valence-corrected chi connectivity index (χ0v) is 15.2. The molecule has 1 aliphatic rings. The first-order chi connectivity index (χ1) is 12.7. The summed E-state index contributed by atoms with van der Waals surface area (Å²) in [6.07, 6.45) is 2.15. The van der Waals surface area contributed by atoms with Crippen LogP contribution >= 0.6 is 11.3 Å². The molecule has 2 aromatic carbocycles. The molecule has 1 amide bonds. The number of anilines is 1. The second-order valence-corrected chi connectivity index (χ2v) is 7.62. The van der Waals surface area contributed by atoms with E-state index in [2.05, 4.69) is 15.2 Å². The molecule has 0 unspecified atom stereocenters. The lowest BCUT2D eigenvalue weighted by Gasteiger charge is -2.22. The first-order valence-electron chi connectivity index (χ1n) is 8.84. The van der Waals surface area contributed by atoms with Gasteiger partial charge < -0.3 is 5.11 Å². The van der Waals surface area contributed by atoms with E-state index in [1.54, 1.807) is 0 Å². The fourth-order valence-corrected chi connectivity index (χ4v) is 4.31. The third kappa shape index (κ3) is 3.62. The summed E-state index contributed by atoms with van der Waals surface area (Å²) in [6, 6.07) is 15.8. The van der Waals surface area contributed by atoms with Gasteiger partial charge >= 0.3 is 0 Å². The number of aliphatic hydroxyl groups is 1. The van der Waals surface area contributed by atoms with Crippen LogP contribution in [0.1, 0.15) is 28.8 Å². The molecule has 5 nitrogen and oxygen atoms in total. The number of rotatable bonds is 5. The second kappa shape index (κ2) is 7.53. The minimum absolute atomic E-state index is 0.147. The van der Waals surface area contributed by atoms with Crippen LogP contribution in [-0.4, -0.2) is 40.1 Å². The zero-order chi connectivity index (χ0) is 17.9. The summed E-state index contributed by atoms with van der Waals surface area (Å²) in [4.78, 5) is 19.3. The number of hydrogen-bond acceptors (Lipinski definition) is 5. The van der Waals surface area contributed by atoms with Gasteiger partial charge in [-0.15, -0.1) is 0 Å². The molecule has 1 saturated heterocycles. The Balaban J connectivity index is 1.47. The number of carbonyl (C=O) groups excluding carboxylic acids is 1. The average molecular weight is 367 g/mol. The molecule has 2 N–H and O–H groups in total. The fourth-order valence-electron chi connectivity index (χ4n) is 3.45. The quantitative estimate of drug-likeness (QED) is 0.724. The van der Waals surface area contributed by atoms with E-state index in [0.717, 1.165) is 41.7 Å². The van der Waals surface area contributed by atoms with Crippen molar-refractivity contribution in [3.05, 3.63) is 59.7 Å². The average Bonchev–Trinajstić information content (AvgIpc) is 3.27. The van der Waals surface area contributed by atoms with Gasteiger partial charge in [0.1, 0.15) is 0 Å². The number of nitrogens with one attached hydrogen (secondary N) is 1. The Labute approximate surface area is 156 Å². The molecule has 0 bridgehead atoms. The molecular formula is C20H21N3O2S. The standard InChI is InChI=1S/C20H21N3O2S/c24-13-16-7-4-10-23(16)12-14-5-3-6-15(11-14)19(25)22-20-21-17-8-1-2-9-18(17)26-20/h1-3,5-6,8-9,11,16,24H,4,7,10,12-13H2,(H,21,22,25)/t16-/m1/s1. The number of benzene rings is 2. The largest absolute Gasteiger partial charge is 0.395 e. The summed E-state index contributed by atoms with van der Waals surface area (Å²) in [5, 5.41) is 13.0. The van der Waals surface area contributed by atoms with Crippen molar-refractivity contribution < 1.29 is 9.90 Å². The molecule has 4 rings (SSSR count). The molecule has 1 aromatic heterocycles. The molecular weight excluding hydrogens is 346 g/mol. The molecule has 0 radical (unpaired) electrons. The van der Waals surface area contributed by atoms with Crippen molar-refractivity contribution >= 4 is 32.6 Å². The second-order valence-electron chi connectivity index (χ2n) is 6.59. The van der Waals surface area contributed by atoms with Gasteiger partial charge in [0.25, 0.3) is 5.91 Å². The van der Waals surface area contributed by atoms with Crippen molar-refractivity contribution in [3.63, 3.8) is 0 Å². The lowest BCUT2D eigenvalue weighted by atomic mass is 10.1. The molecule has 26 heavy (non-hydrogen) atoms. The number of carbonyl (C=O) groups is 1. The first-order valence-corrected chi connectivity index (χ1v) is 9.65. The number of nitrogens with zero attached hydrogens (tertiary/aromatic N) is 2. The summed E-state index contributed by atoms with van der Waals surface area (Å²) >= 11 is 1.47. The van der Waals surface area contributed by atoms with Crippen molar-refractivity contribution in [3.8, 4) is 0 Å². The van der Waals surface area contributed by atoms with E-state index < -0.39 is 0 Å². The van der Waals surface area contributed by atoms with Gasteiger partial charge in [0.05, 0.1) is 16.8 Å². The first kappa shape index (κ1) is 17.1. The topological polar surface area (TPSA) is 65.5 Å². The number of aliphatic hydroxyl groups excluding tert-OH is 1. The van der Waals surface area contributed by atoms with Crippen molar-refractivity contribution in [2.24, 2.45) is 0 Å². The van der Waals surface area contributed by atoms with Gasteiger partial charge in [-0.25, -0.2) is 4.98 Å². The van der Waals surface area contributed by atoms with Crippen LogP contribution in [0.3, 0.4) is 0 Å². The van der Waals surface area contributed by atoms with Gasteiger partial charge in [0.15, 0.2) is 5.13 Å². The molecule has 0 spiro atoms. The predicted octanol–water partition coefficient (Wildman–Crippen LogP) is 3.51. The monoisotopic (exact) mass is 367 g/mol. The summed E-state index contributed by atoms with van der Waals surface area (Å²) in [5.41, 5.74) is 2.61. The van der Waals surface area contributed by atoms with E-state index in [1.807, 2.05) is 48.5 Å². The Bertz CT molecular complexity index is 891. The molecule has 2 heterocycles. The Morgan fingerprint density at radius 2 is 2.15 bits per heavy atom. The molecule has 3 aromatic rings. The molecule has 0 aliphatic carbocycles. The third-order valence-corrected chi connectivity index (χ3v) is 5.75. The van der Waals surface area contributed by atoms with Crippen LogP contribution in [-0.2, 0) is 6.54 Å². The molecule has 1 aliphatic heterocycles. The summed E-state index contributed by atoms with van der Waals surface area (Å²) < 4.78 is 1.06. The smallest absolute Gasteiger partial charge is 0.257 e. The number of likely N-dealkylation sites (tertiary alicyclic amines) is 1. The van der Waals surface area contributed by atoms with E-state index in [1.165, 1.54) is 11.3 Å². The van der Waals surface area contributed by atoms with Gasteiger partial charge in [-0.2, -0.15) is 0 Å². The van der Waals surface area contributed by atoms with Crippen molar-refractivity contribution in [1.29, 1.82) is 0 Å². The maximum absolute atomic E-state index is 12.6. The van der Waals surface area contributed by atoms with E-state index in [4.69, 9.17) is 0 Å². The van der Waals surface area contributed by atoms with Gasteiger partial charge in [-0.05, 0) is 49.2 Å². The van der Waals surface area contributed by atoms with Crippen molar-refractivity contribution in [2.75, 3.05) is 18.5 Å². The van der Waals surface area contributed by atoms with Gasteiger partial charge in [-0.3, -0.25) is 15.0 Å². The molecule has 6 heteroatoms. The Morgan fingerprint density at radius 3 is 3.00 bits per heavy atom. The summed E-state index contributed by atoms with van der Waals surface area (Å²) in [6.45, 7) is 1.94. The lowest BCUT2D eigenvalue weighted by molar-refractivity contribution is 0.102. The molecule has 134 valence electrons. The fraction of sp³-hybridized carbons (Fsp3) is 0.300. The SMILES string of the molecule is O=C(Nc1nc2ccccc2s1)c1cccc(CN2CCC[C@@H]2CO)c1. The Hall–Kier alpha value is -2.28. The highest BCUT2D eigenvalue weighted by Gasteiger charge is 2.23. The maximum Gasteiger partial charge on any atom is 0.257 e. The van der Waals surface area contributed by atoms with Gasteiger partial charge in [0, 0.05) is 18.2 Å². The van der Waals surface area contributed by atoms with Crippen LogP contribution in [0, 0.1) is 0 Å². The van der Waals surface area contributed by atoms with Crippen LogP contribution in [0.4, 0.5) is 5.13 Å². The number of para-hydroxylation sites is 1. The highest BCUT2D eigenvalue weighted by Crippen LogP contribution is 2.26. The summed E-state index contributed by atoms with van der Waals surface area (Å²) in [7, 11) is 0. The highest BCUT2D eigenvalue weighted by atomic mass is 32.1. The minimum Gasteiger partial charge on any atom is -0.395 e. The van der Waals surface area contributed by atoms with Crippen LogP contribution in [0.15, 0.2) is 48.5 Å². The van der Waals surface area contributed by atoms with E-state index in [9.17, 15) is 9.90 Å². The van der Waals surface area contributed by atoms with Crippen LogP contribution in [0.25, 0.3) is 10.2 Å². The van der Waals surface area contributed by atoms with Gasteiger partial charge in [-0.1, -0.05) is 35.6 Å². The molecule has 1 fully saturated rings. The predicted molar refractivity (Wildman–Crippen MR) is 105 cm³/mol. The number of fused-ring (bicyclic) bond motifs is 1. The molecule has 0 saturated carbocycles. The Kier molecular flexibility index (Phi) is 4.97. The third-order valence-electron chi connectivity index (χ3n) is 4.80. The van der Waals surface area contributed by atoms with Crippen LogP contribution in [0.5, 0.6) is 0 Å². The lowest BCUT2D eigenvalue weighted by Crippen LogP contribution is -2.31. The zero-order valence-electron chi connectivity index (χ0n) is 14.4. The number of thiazole rings is 1. The van der Waals surface area contributed by atoms with Crippen LogP contribution in [0.2, 0.25) is 0 Å². The highest BCUT2D eigenvalue weighted by molar-refractivity contribution is 7.22. The van der Waals surface area contributed by atoms with E-state index in [-0.39, 0.29) is 18.6 Å². The van der Waals surface area contributed by atoms with E-state index in [0.29, 0.717) is 10.7 Å². The van der Waals surface area contributed by atoms with Crippen LogP contribution < -0.4 is 5.32 Å². The number of hydrogen-bond donors (Lipinski definition) is 2. The number of amides is 1. The normalized spacial score (nSPS) is 17.7. The minimum atomic E-state index is -0.147. The van der Waals surface area contributed by atoms with E-state index >= 15 is 0 Å². The maximum atomic E-state index is 12.6. The van der Waals surface area contributed by atoms with Gasteiger partial charge in [0.2, 0.25) is 0 Å². The summed E-state index contributed by atoms with van der Waals surface area (Å²) in [5.74, 6) is -0.147. The van der Waals surface area contributed by atoms with Crippen molar-refractivity contribution in [1.82, 2.24) is 9.88 Å². The number of aromatic nitrogens is 1. The molecule has 1 atom stereocenters.